The van der Waals surface area contributed by atoms with E-state index in [1.54, 1.807) is 19.9 Å². The third kappa shape index (κ3) is 4.39. The second-order valence-corrected chi connectivity index (χ2v) is 2.86. The summed E-state index contributed by atoms with van der Waals surface area (Å²) >= 11 is 5.49. The Morgan fingerprint density at radius 1 is 1.80 bits per heavy atom. The first kappa shape index (κ1) is 9.50. The second-order valence-electron chi connectivity index (χ2n) is 2.27. The van der Waals surface area contributed by atoms with Gasteiger partial charge in [-0.05, 0) is 13.3 Å². The lowest BCUT2D eigenvalue weighted by molar-refractivity contribution is -0.140. The van der Waals surface area contributed by atoms with Crippen LogP contribution in [-0.2, 0) is 4.79 Å². The molecule has 0 aliphatic heterocycles. The summed E-state index contributed by atoms with van der Waals surface area (Å²) in [5, 5.41) is 9.07. The van der Waals surface area contributed by atoms with Gasteiger partial charge < -0.3 is 5.11 Å². The average molecular weight is 163 g/mol. The fourth-order valence-electron chi connectivity index (χ4n) is 0.440. The third-order valence-electron chi connectivity index (χ3n) is 1.17. The highest BCUT2D eigenvalue weighted by atomic mass is 35.5. The molecule has 1 unspecified atom stereocenters. The van der Waals surface area contributed by atoms with Crippen LogP contribution >= 0.6 is 11.6 Å². The first-order valence-electron chi connectivity index (χ1n) is 3.09. The first-order valence-corrected chi connectivity index (χ1v) is 3.47. The highest BCUT2D eigenvalue weighted by molar-refractivity contribution is 6.29. The maximum absolute atomic E-state index is 10.2. The second kappa shape index (κ2) is 4.34. The zero-order chi connectivity index (χ0) is 8.15. The predicted octanol–water partition coefficient (Wildman–Crippen LogP) is 2.24. The lowest BCUT2D eigenvalue weighted by Gasteiger charge is -1.99. The molecule has 0 bridgehead atoms. The molecule has 0 aliphatic rings. The highest BCUT2D eigenvalue weighted by Crippen LogP contribution is 2.07. The zero-order valence-electron chi connectivity index (χ0n) is 6.10. The van der Waals surface area contributed by atoms with E-state index >= 15 is 0 Å². The van der Waals surface area contributed by atoms with Gasteiger partial charge in [-0.1, -0.05) is 24.6 Å². The molecule has 0 heterocycles. The molecule has 0 aromatic carbocycles. The number of carboxylic acid groups (broad SMARTS) is 1. The van der Waals surface area contributed by atoms with Crippen molar-refractivity contribution >= 4 is 17.6 Å². The van der Waals surface area contributed by atoms with E-state index in [2.05, 4.69) is 0 Å². The Kier molecular flexibility index (Phi) is 4.12. The summed E-state index contributed by atoms with van der Waals surface area (Å²) in [4.78, 5) is 10.2. The molecule has 58 valence electrons. The molecular formula is C7H11ClO2. The van der Waals surface area contributed by atoms with E-state index < -0.39 is 5.97 Å². The molecule has 2 nitrogen and oxygen atoms in total. The SMILES string of the molecule is C/C(Cl)=C\CC(C)C(=O)O. The number of carbonyl (C=O) groups is 1. The molecule has 0 aromatic rings. The molecule has 0 amide bonds. The van der Waals surface area contributed by atoms with E-state index in [1.807, 2.05) is 0 Å². The maximum Gasteiger partial charge on any atom is 0.306 e. The topological polar surface area (TPSA) is 37.3 Å². The fraction of sp³-hybridized carbons (Fsp3) is 0.571. The molecule has 0 radical (unpaired) electrons. The fourth-order valence-corrected chi connectivity index (χ4v) is 0.529. The third-order valence-corrected chi connectivity index (χ3v) is 1.33. The number of aliphatic carboxylic acids is 1. The van der Waals surface area contributed by atoms with Crippen LogP contribution in [0, 0.1) is 5.92 Å². The number of hydrogen-bond acceptors (Lipinski definition) is 1. The van der Waals surface area contributed by atoms with Crippen molar-refractivity contribution in [2.75, 3.05) is 0 Å². The zero-order valence-corrected chi connectivity index (χ0v) is 6.85. The molecule has 1 N–H and O–H groups in total. The van der Waals surface area contributed by atoms with Crippen LogP contribution in [0.15, 0.2) is 11.1 Å². The number of rotatable bonds is 3. The largest absolute Gasteiger partial charge is 0.481 e. The van der Waals surface area contributed by atoms with Gasteiger partial charge >= 0.3 is 5.97 Å². The molecule has 3 heteroatoms. The van der Waals surface area contributed by atoms with Crippen LogP contribution in [0.4, 0.5) is 0 Å². The summed E-state index contributed by atoms with van der Waals surface area (Å²) in [6, 6.07) is 0. The van der Waals surface area contributed by atoms with Gasteiger partial charge in [-0.15, -0.1) is 0 Å². The number of allylic oxidation sites excluding steroid dienone is 2. The van der Waals surface area contributed by atoms with Crippen LogP contribution in [-0.4, -0.2) is 11.1 Å². The van der Waals surface area contributed by atoms with Gasteiger partial charge in [-0.2, -0.15) is 0 Å². The summed E-state index contributed by atoms with van der Waals surface area (Å²) in [6.07, 6.45) is 2.21. The van der Waals surface area contributed by atoms with Gasteiger partial charge in [0.1, 0.15) is 0 Å². The van der Waals surface area contributed by atoms with Gasteiger partial charge in [-0.25, -0.2) is 0 Å². The summed E-state index contributed by atoms with van der Waals surface area (Å²) in [6.45, 7) is 3.38. The molecule has 0 saturated heterocycles. The van der Waals surface area contributed by atoms with E-state index in [4.69, 9.17) is 16.7 Å². The Morgan fingerprint density at radius 3 is 2.60 bits per heavy atom. The van der Waals surface area contributed by atoms with Crippen molar-refractivity contribution in [3.05, 3.63) is 11.1 Å². The Bertz CT molecular complexity index is 148. The lowest BCUT2D eigenvalue weighted by Crippen LogP contribution is -2.07. The van der Waals surface area contributed by atoms with E-state index in [0.717, 1.165) is 0 Å². The summed E-state index contributed by atoms with van der Waals surface area (Å²) in [5.41, 5.74) is 0. The van der Waals surface area contributed by atoms with Crippen molar-refractivity contribution in [1.29, 1.82) is 0 Å². The van der Waals surface area contributed by atoms with Crippen LogP contribution in [0.25, 0.3) is 0 Å². The van der Waals surface area contributed by atoms with Crippen LogP contribution < -0.4 is 0 Å². The van der Waals surface area contributed by atoms with Crippen LogP contribution in [0.2, 0.25) is 0 Å². The molecule has 0 aromatic heterocycles. The minimum atomic E-state index is -0.783. The van der Waals surface area contributed by atoms with Crippen LogP contribution in [0.1, 0.15) is 20.3 Å². The van der Waals surface area contributed by atoms with Gasteiger partial charge in [-0.3, -0.25) is 4.79 Å². The number of hydrogen-bond donors (Lipinski definition) is 1. The van der Waals surface area contributed by atoms with Crippen LogP contribution in [0.3, 0.4) is 0 Å². The molecule has 0 fully saturated rings. The molecule has 1 atom stereocenters. The highest BCUT2D eigenvalue weighted by Gasteiger charge is 2.07. The van der Waals surface area contributed by atoms with Crippen molar-refractivity contribution in [2.45, 2.75) is 20.3 Å². The normalized spacial score (nSPS) is 14.9. The first-order chi connectivity index (χ1) is 4.54. The van der Waals surface area contributed by atoms with Crippen LogP contribution in [0.5, 0.6) is 0 Å². The predicted molar refractivity (Wildman–Crippen MR) is 41.0 cm³/mol. The monoisotopic (exact) mass is 162 g/mol. The van der Waals surface area contributed by atoms with Crippen molar-refractivity contribution < 1.29 is 9.90 Å². The van der Waals surface area contributed by atoms with Gasteiger partial charge in [0.25, 0.3) is 0 Å². The van der Waals surface area contributed by atoms with E-state index in [9.17, 15) is 4.79 Å². The Labute approximate surface area is 65.5 Å². The molecule has 0 aliphatic carbocycles. The van der Waals surface area contributed by atoms with Gasteiger partial charge in [0.05, 0.1) is 5.92 Å². The minimum absolute atomic E-state index is 0.339. The smallest absolute Gasteiger partial charge is 0.306 e. The average Bonchev–Trinajstić information content (AvgIpc) is 1.82. The Morgan fingerprint density at radius 2 is 2.30 bits per heavy atom. The van der Waals surface area contributed by atoms with Gasteiger partial charge in [0.15, 0.2) is 0 Å². The molecule has 10 heavy (non-hydrogen) atoms. The molecule has 0 saturated carbocycles. The lowest BCUT2D eigenvalue weighted by atomic mass is 10.1. The Balaban J connectivity index is 3.70. The minimum Gasteiger partial charge on any atom is -0.481 e. The van der Waals surface area contributed by atoms with E-state index in [1.165, 1.54) is 0 Å². The molecular weight excluding hydrogens is 152 g/mol. The number of halogens is 1. The van der Waals surface area contributed by atoms with Crippen molar-refractivity contribution in [3.63, 3.8) is 0 Å². The van der Waals surface area contributed by atoms with Gasteiger partial charge in [0, 0.05) is 5.03 Å². The van der Waals surface area contributed by atoms with Crippen molar-refractivity contribution in [2.24, 2.45) is 5.92 Å². The standard InChI is InChI=1S/C7H11ClO2/c1-5(7(9)10)3-4-6(2)8/h4-5H,3H2,1-2H3,(H,9,10)/b6-4+. The quantitative estimate of drug-likeness (QED) is 0.691. The van der Waals surface area contributed by atoms with E-state index in [-0.39, 0.29) is 5.92 Å². The van der Waals surface area contributed by atoms with Crippen molar-refractivity contribution in [1.82, 2.24) is 0 Å². The molecule has 0 rings (SSSR count). The summed E-state index contributed by atoms with van der Waals surface area (Å²) in [7, 11) is 0. The van der Waals surface area contributed by atoms with Crippen molar-refractivity contribution in [3.8, 4) is 0 Å². The Hall–Kier alpha value is -0.500. The summed E-state index contributed by atoms with van der Waals surface area (Å²) < 4.78 is 0. The van der Waals surface area contributed by atoms with Gasteiger partial charge in [0.2, 0.25) is 0 Å². The number of carboxylic acids is 1. The summed E-state index contributed by atoms with van der Waals surface area (Å²) in [5.74, 6) is -1.12. The maximum atomic E-state index is 10.2. The van der Waals surface area contributed by atoms with E-state index in [0.29, 0.717) is 11.5 Å². The molecule has 0 spiro atoms.